The van der Waals surface area contributed by atoms with Crippen LogP contribution in [0.5, 0.6) is 0 Å². The number of piperidine rings is 1. The van der Waals surface area contributed by atoms with Crippen LogP contribution in [0.15, 0.2) is 0 Å². The van der Waals surface area contributed by atoms with E-state index >= 15 is 0 Å². The first-order chi connectivity index (χ1) is 12.6. The predicted octanol–water partition coefficient (Wildman–Crippen LogP) is 0.973. The molecule has 0 spiro atoms. The lowest BCUT2D eigenvalue weighted by Crippen LogP contribution is -2.45. The highest BCUT2D eigenvalue weighted by Crippen LogP contribution is 2.33. The zero-order chi connectivity index (χ0) is 20.4. The summed E-state index contributed by atoms with van der Waals surface area (Å²) < 4.78 is 48.9. The molecule has 3 atom stereocenters. The van der Waals surface area contributed by atoms with Crippen molar-refractivity contribution < 1.29 is 47.6 Å². The lowest BCUT2D eigenvalue weighted by molar-refractivity contribution is -0.188. The van der Waals surface area contributed by atoms with Crippen molar-refractivity contribution in [2.24, 2.45) is 5.92 Å². The number of β-amino-alcohol motifs (C(OH)–C–C–N with tert-alkyl or cyclic N) is 1. The monoisotopic (exact) mass is 401 g/mol. The van der Waals surface area contributed by atoms with Crippen LogP contribution in [0.4, 0.5) is 13.2 Å². The van der Waals surface area contributed by atoms with Gasteiger partial charge in [-0.3, -0.25) is 0 Å². The van der Waals surface area contributed by atoms with Crippen LogP contribution in [0.25, 0.3) is 0 Å². The van der Waals surface area contributed by atoms with Crippen molar-refractivity contribution in [2.75, 3.05) is 39.5 Å². The molecule has 8 nitrogen and oxygen atoms in total. The summed E-state index contributed by atoms with van der Waals surface area (Å²) in [5.74, 6) is -4.92. The van der Waals surface area contributed by atoms with Crippen LogP contribution >= 0.6 is 0 Å². The van der Waals surface area contributed by atoms with Crippen LogP contribution in [0.3, 0.4) is 0 Å². The average molecular weight is 401 g/mol. The molecule has 2 heterocycles. The molecule has 11 heteroatoms. The van der Waals surface area contributed by atoms with E-state index in [2.05, 4.69) is 0 Å². The molecule has 3 unspecified atom stereocenters. The van der Waals surface area contributed by atoms with Gasteiger partial charge in [-0.2, -0.15) is 13.2 Å². The van der Waals surface area contributed by atoms with E-state index in [1.165, 1.54) is 0 Å². The zero-order valence-electron chi connectivity index (χ0n) is 14.9. The van der Waals surface area contributed by atoms with Crippen molar-refractivity contribution >= 4 is 11.9 Å². The standard InChI is InChI=1S/C14H24F3NO3.C2H2O4/c15-14(16,17)11-3-1-5-18(7-11)8-12(19)9-20-10-13-4-2-6-21-13;3-1(4)2(5)6/h11-13,19H,1-10H2;(H,3,4)(H,5,6). The normalized spacial score (nSPS) is 24.7. The average Bonchev–Trinajstić information content (AvgIpc) is 3.08. The number of nitrogens with zero attached hydrogens (tertiary/aromatic N) is 1. The van der Waals surface area contributed by atoms with Gasteiger partial charge in [0.2, 0.25) is 0 Å². The number of carboxylic acids is 2. The molecular weight excluding hydrogens is 375 g/mol. The van der Waals surface area contributed by atoms with E-state index in [1.807, 2.05) is 0 Å². The minimum absolute atomic E-state index is 0.0215. The smallest absolute Gasteiger partial charge is 0.414 e. The van der Waals surface area contributed by atoms with Crippen LogP contribution in [0.1, 0.15) is 25.7 Å². The third kappa shape index (κ3) is 9.89. The first-order valence-corrected chi connectivity index (χ1v) is 8.72. The third-order valence-corrected chi connectivity index (χ3v) is 4.26. The van der Waals surface area contributed by atoms with Gasteiger partial charge < -0.3 is 29.7 Å². The number of carboxylic acid groups (broad SMARTS) is 2. The Labute approximate surface area is 154 Å². The van der Waals surface area contributed by atoms with Gasteiger partial charge in [0.25, 0.3) is 0 Å². The van der Waals surface area contributed by atoms with Crippen LogP contribution in [-0.2, 0) is 19.1 Å². The summed E-state index contributed by atoms with van der Waals surface area (Å²) in [5, 5.41) is 24.7. The Kier molecular flexibility index (Phi) is 9.99. The number of carbonyl (C=O) groups is 2. The highest BCUT2D eigenvalue weighted by molar-refractivity contribution is 6.27. The molecule has 0 radical (unpaired) electrons. The first-order valence-electron chi connectivity index (χ1n) is 8.72. The topological polar surface area (TPSA) is 117 Å². The maximum Gasteiger partial charge on any atom is 0.414 e. The number of hydrogen-bond donors (Lipinski definition) is 3. The van der Waals surface area contributed by atoms with Gasteiger partial charge in [-0.25, -0.2) is 9.59 Å². The number of aliphatic hydroxyl groups excluding tert-OH is 1. The first kappa shape index (κ1) is 23.6. The van der Waals surface area contributed by atoms with Crippen LogP contribution < -0.4 is 0 Å². The fraction of sp³-hybridized carbons (Fsp3) is 0.875. The van der Waals surface area contributed by atoms with E-state index in [4.69, 9.17) is 29.3 Å². The Hall–Kier alpha value is -1.43. The number of likely N-dealkylation sites (tertiary alicyclic amines) is 1. The lowest BCUT2D eigenvalue weighted by atomic mass is 9.97. The van der Waals surface area contributed by atoms with Crippen LogP contribution in [-0.4, -0.2) is 90.0 Å². The van der Waals surface area contributed by atoms with E-state index in [-0.39, 0.29) is 32.2 Å². The van der Waals surface area contributed by atoms with Gasteiger partial charge in [0.1, 0.15) is 0 Å². The SMILES string of the molecule is O=C(O)C(=O)O.OC(COCC1CCCO1)CN1CCCC(C(F)(F)F)C1. The molecule has 158 valence electrons. The molecule has 2 fully saturated rings. The molecule has 2 saturated heterocycles. The summed E-state index contributed by atoms with van der Waals surface area (Å²) >= 11 is 0. The van der Waals surface area contributed by atoms with Crippen molar-refractivity contribution in [2.45, 2.75) is 44.1 Å². The van der Waals surface area contributed by atoms with Crippen molar-refractivity contribution in [3.63, 3.8) is 0 Å². The molecule has 2 aliphatic heterocycles. The number of rotatable bonds is 6. The molecule has 0 saturated carbocycles. The Morgan fingerprint density at radius 1 is 1.19 bits per heavy atom. The van der Waals surface area contributed by atoms with Gasteiger partial charge >= 0.3 is 18.1 Å². The number of aliphatic carboxylic acids is 2. The number of alkyl halides is 3. The predicted molar refractivity (Wildman–Crippen MR) is 86.3 cm³/mol. The van der Waals surface area contributed by atoms with Crippen molar-refractivity contribution in [1.82, 2.24) is 4.90 Å². The molecule has 3 N–H and O–H groups in total. The summed E-state index contributed by atoms with van der Waals surface area (Å²) in [6.07, 6.45) is -2.09. The van der Waals surface area contributed by atoms with E-state index in [1.54, 1.807) is 4.90 Å². The molecule has 0 aromatic carbocycles. The summed E-state index contributed by atoms with van der Waals surface area (Å²) in [5.41, 5.74) is 0. The van der Waals surface area contributed by atoms with Gasteiger partial charge in [0.05, 0.1) is 31.3 Å². The quantitative estimate of drug-likeness (QED) is 0.564. The van der Waals surface area contributed by atoms with Crippen LogP contribution in [0.2, 0.25) is 0 Å². The van der Waals surface area contributed by atoms with Gasteiger partial charge in [-0.1, -0.05) is 0 Å². The molecule has 27 heavy (non-hydrogen) atoms. The fourth-order valence-electron chi connectivity index (χ4n) is 2.95. The molecule has 0 aromatic heterocycles. The number of hydrogen-bond acceptors (Lipinski definition) is 6. The molecule has 0 aromatic rings. The number of aliphatic hydroxyl groups is 1. The Balaban J connectivity index is 0.000000527. The summed E-state index contributed by atoms with van der Waals surface area (Å²) in [7, 11) is 0. The van der Waals surface area contributed by atoms with E-state index in [0.29, 0.717) is 19.6 Å². The number of ether oxygens (including phenoxy) is 2. The molecule has 0 bridgehead atoms. The van der Waals surface area contributed by atoms with Gasteiger partial charge in [0.15, 0.2) is 0 Å². The second-order valence-corrected chi connectivity index (χ2v) is 6.58. The largest absolute Gasteiger partial charge is 0.473 e. The van der Waals surface area contributed by atoms with Gasteiger partial charge in [-0.05, 0) is 32.2 Å². The minimum atomic E-state index is -4.14. The molecule has 2 aliphatic rings. The highest BCUT2D eigenvalue weighted by Gasteiger charge is 2.41. The molecule has 0 aliphatic carbocycles. The highest BCUT2D eigenvalue weighted by atomic mass is 19.4. The molecular formula is C16H26F3NO7. The van der Waals surface area contributed by atoms with Crippen LogP contribution in [0, 0.1) is 5.92 Å². The third-order valence-electron chi connectivity index (χ3n) is 4.26. The van der Waals surface area contributed by atoms with Crippen molar-refractivity contribution in [3.8, 4) is 0 Å². The van der Waals surface area contributed by atoms with E-state index in [0.717, 1.165) is 19.4 Å². The fourth-order valence-corrected chi connectivity index (χ4v) is 2.95. The Morgan fingerprint density at radius 2 is 1.85 bits per heavy atom. The van der Waals surface area contributed by atoms with Gasteiger partial charge in [0, 0.05) is 19.7 Å². The lowest BCUT2D eigenvalue weighted by Gasteiger charge is -2.34. The van der Waals surface area contributed by atoms with E-state index in [9.17, 15) is 18.3 Å². The molecule has 2 rings (SSSR count). The minimum Gasteiger partial charge on any atom is -0.473 e. The second kappa shape index (κ2) is 11.4. The van der Waals surface area contributed by atoms with Crippen molar-refractivity contribution in [1.29, 1.82) is 0 Å². The Morgan fingerprint density at radius 3 is 2.37 bits per heavy atom. The number of halogens is 3. The Bertz CT molecular complexity index is 457. The van der Waals surface area contributed by atoms with Crippen molar-refractivity contribution in [3.05, 3.63) is 0 Å². The zero-order valence-corrected chi connectivity index (χ0v) is 14.9. The maximum absolute atomic E-state index is 12.7. The molecule has 0 amide bonds. The summed E-state index contributed by atoms with van der Waals surface area (Å²) in [6, 6.07) is 0. The summed E-state index contributed by atoms with van der Waals surface area (Å²) in [6.45, 7) is 2.16. The second-order valence-electron chi connectivity index (χ2n) is 6.58. The maximum atomic E-state index is 12.7. The summed E-state index contributed by atoms with van der Waals surface area (Å²) in [4.78, 5) is 19.9. The van der Waals surface area contributed by atoms with Gasteiger partial charge in [-0.15, -0.1) is 0 Å². The van der Waals surface area contributed by atoms with E-state index < -0.39 is 30.1 Å².